The van der Waals surface area contributed by atoms with E-state index in [0.717, 1.165) is 5.56 Å². The number of benzene rings is 2. The van der Waals surface area contributed by atoms with Crippen LogP contribution in [-0.4, -0.2) is 40.6 Å². The lowest BCUT2D eigenvalue weighted by atomic mass is 10.2. The highest BCUT2D eigenvalue weighted by Gasteiger charge is 2.13. The Labute approximate surface area is 175 Å². The number of ether oxygens (including phenoxy) is 5. The Hall–Kier alpha value is -3.06. The first kappa shape index (κ1) is 22.2. The van der Waals surface area contributed by atoms with Gasteiger partial charge in [0.1, 0.15) is 24.7 Å². The number of carbonyl (C=O) groups excluding carboxylic acids is 1. The van der Waals surface area contributed by atoms with E-state index >= 15 is 0 Å². The van der Waals surface area contributed by atoms with Gasteiger partial charge in [0, 0.05) is 6.07 Å². The quantitative estimate of drug-likeness (QED) is 0.572. The van der Waals surface area contributed by atoms with Crippen LogP contribution in [0.25, 0.3) is 6.08 Å². The van der Waals surface area contributed by atoms with Crippen LogP contribution in [0, 0.1) is 0 Å². The average Bonchev–Trinajstić information content (AvgIpc) is 2.72. The van der Waals surface area contributed by atoms with Gasteiger partial charge >= 0.3 is 6.09 Å². The van der Waals surface area contributed by atoms with Crippen LogP contribution >= 0.6 is 11.6 Å². The molecule has 1 N–H and O–H groups in total. The van der Waals surface area contributed by atoms with Gasteiger partial charge in [-0.1, -0.05) is 29.8 Å². The van der Waals surface area contributed by atoms with Crippen LogP contribution in [0.1, 0.15) is 12.5 Å². The van der Waals surface area contributed by atoms with Crippen LogP contribution in [0.3, 0.4) is 0 Å². The molecule has 0 bridgehead atoms. The van der Waals surface area contributed by atoms with Crippen molar-refractivity contribution in [3.8, 4) is 23.0 Å². The molecule has 0 aliphatic carbocycles. The maximum absolute atomic E-state index is 12.0. The summed E-state index contributed by atoms with van der Waals surface area (Å²) in [5, 5.41) is 2.92. The van der Waals surface area contributed by atoms with Crippen LogP contribution < -0.4 is 24.3 Å². The molecule has 29 heavy (non-hydrogen) atoms. The third kappa shape index (κ3) is 6.22. The van der Waals surface area contributed by atoms with E-state index in [2.05, 4.69) is 5.32 Å². The van der Waals surface area contributed by atoms with Gasteiger partial charge in [0.15, 0.2) is 11.5 Å². The highest BCUT2D eigenvalue weighted by molar-refractivity contribution is 6.32. The van der Waals surface area contributed by atoms with Gasteiger partial charge in [-0.2, -0.15) is 0 Å². The van der Waals surface area contributed by atoms with Gasteiger partial charge in [0.05, 0.1) is 32.0 Å². The highest BCUT2D eigenvalue weighted by Crippen LogP contribution is 2.36. The van der Waals surface area contributed by atoms with Gasteiger partial charge in [-0.05, 0) is 30.7 Å². The van der Waals surface area contributed by atoms with Crippen LogP contribution in [-0.2, 0) is 4.74 Å². The fourth-order valence-corrected chi connectivity index (χ4v) is 2.73. The van der Waals surface area contributed by atoms with Gasteiger partial charge in [0.2, 0.25) is 0 Å². The normalized spacial score (nSPS) is 10.5. The van der Waals surface area contributed by atoms with Crippen molar-refractivity contribution in [2.24, 2.45) is 0 Å². The summed E-state index contributed by atoms with van der Waals surface area (Å²) >= 11 is 6.09. The number of rotatable bonds is 9. The van der Waals surface area contributed by atoms with E-state index in [1.807, 2.05) is 31.2 Å². The number of anilines is 1. The summed E-state index contributed by atoms with van der Waals surface area (Å²) in [5.74, 6) is 1.99. The van der Waals surface area contributed by atoms with Crippen molar-refractivity contribution in [3.05, 3.63) is 47.0 Å². The molecule has 156 valence electrons. The van der Waals surface area contributed by atoms with E-state index in [0.29, 0.717) is 33.7 Å². The molecule has 0 atom stereocenters. The smallest absolute Gasteiger partial charge is 0.411 e. The topological polar surface area (TPSA) is 75.3 Å². The Morgan fingerprint density at radius 1 is 0.966 bits per heavy atom. The fraction of sp³-hybridized carbons (Fsp3) is 0.286. The Morgan fingerprint density at radius 2 is 1.69 bits per heavy atom. The maximum atomic E-state index is 12.0. The second-order valence-corrected chi connectivity index (χ2v) is 6.11. The van der Waals surface area contributed by atoms with Crippen LogP contribution in [0.4, 0.5) is 10.5 Å². The monoisotopic (exact) mass is 421 g/mol. The number of amides is 1. The summed E-state index contributed by atoms with van der Waals surface area (Å²) in [6, 6.07) is 8.67. The average molecular weight is 422 g/mol. The molecule has 0 fully saturated rings. The number of halogens is 1. The van der Waals surface area contributed by atoms with Crippen molar-refractivity contribution in [1.82, 2.24) is 0 Å². The first-order valence-electron chi connectivity index (χ1n) is 8.81. The van der Waals surface area contributed by atoms with E-state index in [1.165, 1.54) is 20.3 Å². The SMILES string of the molecule is CC=Cc1ccc(OCCOC(=O)Nc2cc(Cl)c(OC)cc2OC)c(OC)c1. The lowest BCUT2D eigenvalue weighted by Gasteiger charge is -2.14. The Morgan fingerprint density at radius 3 is 2.34 bits per heavy atom. The second kappa shape index (κ2) is 11.1. The number of carbonyl (C=O) groups is 1. The van der Waals surface area contributed by atoms with Crippen LogP contribution in [0.2, 0.25) is 5.02 Å². The molecular formula is C21H24ClNO6. The standard InChI is InChI=1S/C21H24ClNO6/c1-5-6-14-7-8-17(20(11-14)27-4)28-9-10-29-21(24)23-16-12-15(22)18(25-2)13-19(16)26-3/h5-8,11-13H,9-10H2,1-4H3,(H,23,24). The molecule has 0 saturated heterocycles. The highest BCUT2D eigenvalue weighted by atomic mass is 35.5. The Kier molecular flexibility index (Phi) is 8.48. The third-order valence-corrected chi connectivity index (χ3v) is 4.13. The summed E-state index contributed by atoms with van der Waals surface area (Å²) in [6.45, 7) is 2.14. The predicted molar refractivity (Wildman–Crippen MR) is 113 cm³/mol. The molecule has 0 aliphatic rings. The van der Waals surface area contributed by atoms with E-state index in [4.69, 9.17) is 35.3 Å². The van der Waals surface area contributed by atoms with Gasteiger partial charge < -0.3 is 23.7 Å². The summed E-state index contributed by atoms with van der Waals surface area (Å²) in [4.78, 5) is 12.0. The molecule has 0 spiro atoms. The number of hydrogen-bond acceptors (Lipinski definition) is 6. The van der Waals surface area contributed by atoms with E-state index in [-0.39, 0.29) is 13.2 Å². The lowest BCUT2D eigenvalue weighted by molar-refractivity contribution is 0.136. The molecule has 1 amide bonds. The summed E-state index contributed by atoms with van der Waals surface area (Å²) in [6.07, 6.45) is 3.23. The molecule has 2 aromatic carbocycles. The number of allylic oxidation sites excluding steroid dienone is 1. The maximum Gasteiger partial charge on any atom is 0.411 e. The Balaban J connectivity index is 1.89. The first-order valence-corrected chi connectivity index (χ1v) is 9.19. The zero-order chi connectivity index (χ0) is 21.2. The van der Waals surface area contributed by atoms with Crippen molar-refractivity contribution >= 4 is 29.5 Å². The van der Waals surface area contributed by atoms with E-state index < -0.39 is 6.09 Å². The summed E-state index contributed by atoms with van der Waals surface area (Å²) in [7, 11) is 4.53. The van der Waals surface area contributed by atoms with Crippen molar-refractivity contribution in [2.45, 2.75) is 6.92 Å². The van der Waals surface area contributed by atoms with E-state index in [1.54, 1.807) is 19.2 Å². The van der Waals surface area contributed by atoms with Gasteiger partial charge in [-0.3, -0.25) is 5.32 Å². The molecule has 0 unspecified atom stereocenters. The molecule has 2 aromatic rings. The van der Waals surface area contributed by atoms with Crippen molar-refractivity contribution in [2.75, 3.05) is 39.9 Å². The predicted octanol–water partition coefficient (Wildman–Crippen LogP) is 5.03. The third-order valence-electron chi connectivity index (χ3n) is 3.83. The first-order chi connectivity index (χ1) is 14.0. The fourth-order valence-electron chi connectivity index (χ4n) is 2.49. The largest absolute Gasteiger partial charge is 0.495 e. The number of hydrogen-bond donors (Lipinski definition) is 1. The number of nitrogens with one attached hydrogen (secondary N) is 1. The molecule has 7 nitrogen and oxygen atoms in total. The number of methoxy groups -OCH3 is 3. The minimum absolute atomic E-state index is 0.0395. The molecule has 0 radical (unpaired) electrons. The molecular weight excluding hydrogens is 398 g/mol. The summed E-state index contributed by atoms with van der Waals surface area (Å²) < 4.78 is 26.5. The van der Waals surface area contributed by atoms with Crippen molar-refractivity contribution in [3.63, 3.8) is 0 Å². The zero-order valence-corrected chi connectivity index (χ0v) is 17.5. The molecule has 0 heterocycles. The van der Waals surface area contributed by atoms with Gasteiger partial charge in [-0.15, -0.1) is 0 Å². The van der Waals surface area contributed by atoms with Crippen LogP contribution in [0.15, 0.2) is 36.4 Å². The molecule has 0 aliphatic heterocycles. The molecule has 2 rings (SSSR count). The van der Waals surface area contributed by atoms with Crippen LogP contribution in [0.5, 0.6) is 23.0 Å². The lowest BCUT2D eigenvalue weighted by Crippen LogP contribution is -2.18. The van der Waals surface area contributed by atoms with Crippen molar-refractivity contribution in [1.29, 1.82) is 0 Å². The van der Waals surface area contributed by atoms with E-state index in [9.17, 15) is 4.79 Å². The molecule has 0 aromatic heterocycles. The minimum atomic E-state index is -0.663. The molecule has 0 saturated carbocycles. The molecule has 8 heteroatoms. The Bertz CT molecular complexity index is 868. The van der Waals surface area contributed by atoms with Gasteiger partial charge in [-0.25, -0.2) is 4.79 Å². The van der Waals surface area contributed by atoms with Gasteiger partial charge in [0.25, 0.3) is 0 Å². The van der Waals surface area contributed by atoms with Crippen molar-refractivity contribution < 1.29 is 28.5 Å². The second-order valence-electron chi connectivity index (χ2n) is 5.71. The zero-order valence-electron chi connectivity index (χ0n) is 16.8. The minimum Gasteiger partial charge on any atom is -0.495 e. The summed E-state index contributed by atoms with van der Waals surface area (Å²) in [5.41, 5.74) is 1.37.